The van der Waals surface area contributed by atoms with Gasteiger partial charge in [-0.05, 0) is 12.1 Å². The minimum atomic E-state index is 0.367. The highest BCUT2D eigenvalue weighted by atomic mass is 16.5. The SMILES string of the molecule is COc1ccc(OC)c(Oc2cocn2)c1. The van der Waals surface area contributed by atoms with E-state index in [-0.39, 0.29) is 0 Å². The zero-order valence-corrected chi connectivity index (χ0v) is 8.97. The molecule has 0 saturated heterocycles. The number of methoxy groups -OCH3 is 2. The van der Waals surface area contributed by atoms with Gasteiger partial charge in [0.05, 0.1) is 14.2 Å². The van der Waals surface area contributed by atoms with Gasteiger partial charge >= 0.3 is 0 Å². The predicted octanol–water partition coefficient (Wildman–Crippen LogP) is 2.48. The molecule has 1 aromatic carbocycles. The topological polar surface area (TPSA) is 53.7 Å². The summed E-state index contributed by atoms with van der Waals surface area (Å²) in [6, 6.07) is 5.26. The van der Waals surface area contributed by atoms with Gasteiger partial charge in [0.15, 0.2) is 24.2 Å². The first kappa shape index (κ1) is 10.4. The van der Waals surface area contributed by atoms with Crippen LogP contribution < -0.4 is 14.2 Å². The van der Waals surface area contributed by atoms with Crippen LogP contribution in [-0.4, -0.2) is 19.2 Å². The van der Waals surface area contributed by atoms with Crippen molar-refractivity contribution in [1.82, 2.24) is 4.98 Å². The normalized spacial score (nSPS) is 9.88. The highest BCUT2D eigenvalue weighted by Crippen LogP contribution is 2.33. The highest BCUT2D eigenvalue weighted by Gasteiger charge is 2.08. The monoisotopic (exact) mass is 221 g/mol. The fraction of sp³-hybridized carbons (Fsp3) is 0.182. The fourth-order valence-electron chi connectivity index (χ4n) is 1.23. The first-order valence-corrected chi connectivity index (χ1v) is 4.61. The molecule has 0 radical (unpaired) electrons. The van der Waals surface area contributed by atoms with Crippen LogP contribution in [0.1, 0.15) is 0 Å². The average molecular weight is 221 g/mol. The Labute approximate surface area is 92.6 Å². The molecule has 2 rings (SSSR count). The van der Waals surface area contributed by atoms with Crippen molar-refractivity contribution >= 4 is 0 Å². The number of oxazole rings is 1. The van der Waals surface area contributed by atoms with E-state index in [9.17, 15) is 0 Å². The van der Waals surface area contributed by atoms with E-state index in [4.69, 9.17) is 18.6 Å². The van der Waals surface area contributed by atoms with Gasteiger partial charge in [-0.15, -0.1) is 0 Å². The third-order valence-electron chi connectivity index (χ3n) is 1.99. The predicted molar refractivity (Wildman–Crippen MR) is 56.1 cm³/mol. The zero-order chi connectivity index (χ0) is 11.4. The largest absolute Gasteiger partial charge is 0.497 e. The summed E-state index contributed by atoms with van der Waals surface area (Å²) in [6.45, 7) is 0. The van der Waals surface area contributed by atoms with E-state index in [0.717, 1.165) is 0 Å². The van der Waals surface area contributed by atoms with Crippen LogP contribution in [0.2, 0.25) is 0 Å². The van der Waals surface area contributed by atoms with Gasteiger partial charge in [-0.3, -0.25) is 0 Å². The summed E-state index contributed by atoms with van der Waals surface area (Å²) in [5.74, 6) is 2.17. The number of benzene rings is 1. The molecule has 5 nitrogen and oxygen atoms in total. The van der Waals surface area contributed by atoms with Gasteiger partial charge in [0, 0.05) is 6.07 Å². The molecule has 0 unspecified atom stereocenters. The molecule has 2 aromatic rings. The van der Waals surface area contributed by atoms with Gasteiger partial charge in [-0.1, -0.05) is 0 Å². The minimum absolute atomic E-state index is 0.367. The van der Waals surface area contributed by atoms with Crippen molar-refractivity contribution in [2.24, 2.45) is 0 Å². The summed E-state index contributed by atoms with van der Waals surface area (Å²) in [7, 11) is 3.15. The second-order valence-corrected chi connectivity index (χ2v) is 2.95. The maximum atomic E-state index is 5.47. The molecule has 1 heterocycles. The summed E-state index contributed by atoms with van der Waals surface area (Å²) in [5, 5.41) is 0. The van der Waals surface area contributed by atoms with Gasteiger partial charge in [-0.25, -0.2) is 0 Å². The first-order valence-electron chi connectivity index (χ1n) is 4.61. The van der Waals surface area contributed by atoms with Gasteiger partial charge < -0.3 is 18.6 Å². The maximum Gasteiger partial charge on any atom is 0.258 e. The van der Waals surface area contributed by atoms with Crippen molar-refractivity contribution in [2.45, 2.75) is 0 Å². The molecule has 0 amide bonds. The number of hydrogen-bond donors (Lipinski definition) is 0. The molecule has 0 aliphatic rings. The van der Waals surface area contributed by atoms with Crippen LogP contribution in [0.15, 0.2) is 35.3 Å². The Morgan fingerprint density at radius 1 is 1.12 bits per heavy atom. The van der Waals surface area contributed by atoms with E-state index in [0.29, 0.717) is 23.1 Å². The summed E-state index contributed by atoms with van der Waals surface area (Å²) in [6.07, 6.45) is 2.70. The van der Waals surface area contributed by atoms with Crippen LogP contribution in [0, 0.1) is 0 Å². The summed E-state index contributed by atoms with van der Waals surface area (Å²) in [5.41, 5.74) is 0. The van der Waals surface area contributed by atoms with Gasteiger partial charge in [0.25, 0.3) is 5.88 Å². The standard InChI is InChI=1S/C11H11NO4/c1-13-8-3-4-9(14-2)10(5-8)16-11-6-15-7-12-11/h3-7H,1-2H3. The van der Waals surface area contributed by atoms with Crippen molar-refractivity contribution in [3.63, 3.8) is 0 Å². The molecular formula is C11H11NO4. The van der Waals surface area contributed by atoms with E-state index in [1.807, 2.05) is 0 Å². The third-order valence-corrected chi connectivity index (χ3v) is 1.99. The molecular weight excluding hydrogens is 210 g/mol. The lowest BCUT2D eigenvalue weighted by Gasteiger charge is -2.09. The van der Waals surface area contributed by atoms with E-state index in [1.165, 1.54) is 12.7 Å². The van der Waals surface area contributed by atoms with E-state index < -0.39 is 0 Å². The fourth-order valence-corrected chi connectivity index (χ4v) is 1.23. The van der Waals surface area contributed by atoms with Crippen molar-refractivity contribution in [2.75, 3.05) is 14.2 Å². The van der Waals surface area contributed by atoms with Crippen LogP contribution in [0.5, 0.6) is 23.1 Å². The minimum Gasteiger partial charge on any atom is -0.497 e. The second-order valence-electron chi connectivity index (χ2n) is 2.95. The molecule has 16 heavy (non-hydrogen) atoms. The molecule has 0 N–H and O–H groups in total. The van der Waals surface area contributed by atoms with Crippen molar-refractivity contribution in [3.05, 3.63) is 30.9 Å². The smallest absolute Gasteiger partial charge is 0.258 e. The molecule has 1 aromatic heterocycles. The Hall–Kier alpha value is -2.17. The van der Waals surface area contributed by atoms with E-state index in [2.05, 4.69) is 4.98 Å². The lowest BCUT2D eigenvalue weighted by atomic mass is 10.3. The Balaban J connectivity index is 2.30. The molecule has 0 aliphatic heterocycles. The lowest BCUT2D eigenvalue weighted by molar-refractivity contribution is 0.366. The van der Waals surface area contributed by atoms with Crippen LogP contribution in [0.3, 0.4) is 0 Å². The van der Waals surface area contributed by atoms with Crippen molar-refractivity contribution in [3.8, 4) is 23.1 Å². The third kappa shape index (κ3) is 2.08. The summed E-state index contributed by atoms with van der Waals surface area (Å²) >= 11 is 0. The second kappa shape index (κ2) is 4.57. The Morgan fingerprint density at radius 3 is 2.62 bits per heavy atom. The highest BCUT2D eigenvalue weighted by molar-refractivity contribution is 5.46. The zero-order valence-electron chi connectivity index (χ0n) is 8.97. The van der Waals surface area contributed by atoms with Crippen LogP contribution in [0.4, 0.5) is 0 Å². The Bertz CT molecular complexity index is 453. The molecule has 0 spiro atoms. The van der Waals surface area contributed by atoms with Crippen LogP contribution in [-0.2, 0) is 0 Å². The van der Waals surface area contributed by atoms with Crippen molar-refractivity contribution < 1.29 is 18.6 Å². The Morgan fingerprint density at radius 2 is 2.00 bits per heavy atom. The summed E-state index contributed by atoms with van der Waals surface area (Å²) < 4.78 is 20.5. The van der Waals surface area contributed by atoms with E-state index in [1.54, 1.807) is 32.4 Å². The number of nitrogens with zero attached hydrogens (tertiary/aromatic N) is 1. The molecule has 84 valence electrons. The lowest BCUT2D eigenvalue weighted by Crippen LogP contribution is -1.91. The number of rotatable bonds is 4. The van der Waals surface area contributed by atoms with Gasteiger partial charge in [0.1, 0.15) is 5.75 Å². The quantitative estimate of drug-likeness (QED) is 0.793. The molecule has 0 atom stereocenters. The first-order chi connectivity index (χ1) is 7.83. The average Bonchev–Trinajstić information content (AvgIpc) is 2.82. The number of hydrogen-bond acceptors (Lipinski definition) is 5. The molecule has 0 bridgehead atoms. The van der Waals surface area contributed by atoms with Crippen LogP contribution in [0.25, 0.3) is 0 Å². The Kier molecular flexibility index (Phi) is 2.95. The molecule has 5 heteroatoms. The molecule has 0 saturated carbocycles. The summed E-state index contributed by atoms with van der Waals surface area (Å²) in [4.78, 5) is 3.86. The maximum absolute atomic E-state index is 5.47. The van der Waals surface area contributed by atoms with E-state index >= 15 is 0 Å². The van der Waals surface area contributed by atoms with Crippen LogP contribution >= 0.6 is 0 Å². The molecule has 0 fully saturated rings. The van der Waals surface area contributed by atoms with Gasteiger partial charge in [-0.2, -0.15) is 4.98 Å². The number of aromatic nitrogens is 1. The van der Waals surface area contributed by atoms with Gasteiger partial charge in [0.2, 0.25) is 0 Å². The molecule has 0 aliphatic carbocycles. The van der Waals surface area contributed by atoms with Crippen molar-refractivity contribution in [1.29, 1.82) is 0 Å². The number of ether oxygens (including phenoxy) is 3.